The van der Waals surface area contributed by atoms with Gasteiger partial charge in [-0.15, -0.1) is 0 Å². The van der Waals surface area contributed by atoms with Crippen molar-refractivity contribution in [1.29, 1.82) is 0 Å². The Bertz CT molecular complexity index is 889. The highest BCUT2D eigenvalue weighted by Gasteiger charge is 2.25. The van der Waals surface area contributed by atoms with Crippen LogP contribution >= 0.6 is 0 Å². The summed E-state index contributed by atoms with van der Waals surface area (Å²) < 4.78 is 40.0. The lowest BCUT2D eigenvalue weighted by Crippen LogP contribution is -2.37. The van der Waals surface area contributed by atoms with Gasteiger partial charge < -0.3 is 18.2 Å². The molecule has 0 aliphatic heterocycles. The summed E-state index contributed by atoms with van der Waals surface area (Å²) >= 11 is 0. The zero-order valence-electron chi connectivity index (χ0n) is 16.8. The van der Waals surface area contributed by atoms with Crippen molar-refractivity contribution < 1.29 is 26.5 Å². The molecule has 1 aromatic carbocycles. The van der Waals surface area contributed by atoms with Gasteiger partial charge in [0.05, 0.1) is 18.6 Å². The summed E-state index contributed by atoms with van der Waals surface area (Å²) in [5.74, 6) is 0.434. The van der Waals surface area contributed by atoms with Crippen molar-refractivity contribution in [3.05, 3.63) is 47.9 Å². The van der Waals surface area contributed by atoms with Crippen molar-refractivity contribution in [2.24, 2.45) is 0 Å². The van der Waals surface area contributed by atoms with Crippen molar-refractivity contribution >= 4 is 16.0 Å². The molecule has 0 aliphatic carbocycles. The van der Waals surface area contributed by atoms with Gasteiger partial charge in [-0.05, 0) is 57.0 Å². The standard InChI is InChI=1S/C20H27NO6S/c1-6-15(4)21(20(22)18-8-7-11-26-18)13-16-9-10-17(25-5)19(12-16)27-28(23,24)14(2)3/h7-12,14-15H,6,13H2,1-5H3/t15-/m0/s1. The van der Waals surface area contributed by atoms with Crippen LogP contribution in [0, 0.1) is 0 Å². The van der Waals surface area contributed by atoms with E-state index in [4.69, 9.17) is 13.3 Å². The number of ether oxygens (including phenoxy) is 1. The Balaban J connectivity index is 2.34. The summed E-state index contributed by atoms with van der Waals surface area (Å²) in [7, 11) is -2.34. The molecule has 1 aromatic heterocycles. The van der Waals surface area contributed by atoms with Gasteiger partial charge in [-0.3, -0.25) is 4.79 Å². The molecule has 0 aliphatic rings. The molecule has 0 saturated carbocycles. The Morgan fingerprint density at radius 1 is 1.18 bits per heavy atom. The van der Waals surface area contributed by atoms with Crippen molar-refractivity contribution in [2.75, 3.05) is 7.11 Å². The van der Waals surface area contributed by atoms with Crippen LogP contribution in [-0.2, 0) is 16.7 Å². The number of benzene rings is 1. The molecule has 2 rings (SSSR count). The molecule has 1 amide bonds. The molecule has 0 radical (unpaired) electrons. The number of carbonyl (C=O) groups excluding carboxylic acids is 1. The second-order valence-electron chi connectivity index (χ2n) is 6.78. The summed E-state index contributed by atoms with van der Waals surface area (Å²) in [6.07, 6.45) is 2.21. The number of furan rings is 1. The number of hydrogen-bond acceptors (Lipinski definition) is 6. The lowest BCUT2D eigenvalue weighted by Gasteiger charge is -2.28. The third-order valence-electron chi connectivity index (χ3n) is 4.48. The van der Waals surface area contributed by atoms with Gasteiger partial charge in [0.1, 0.15) is 0 Å². The van der Waals surface area contributed by atoms with Crippen molar-refractivity contribution in [3.8, 4) is 11.5 Å². The minimum absolute atomic E-state index is 0.0385. The van der Waals surface area contributed by atoms with Gasteiger partial charge in [-0.1, -0.05) is 13.0 Å². The zero-order chi connectivity index (χ0) is 20.9. The van der Waals surface area contributed by atoms with E-state index in [1.807, 2.05) is 13.8 Å². The van der Waals surface area contributed by atoms with Gasteiger partial charge in [-0.2, -0.15) is 8.42 Å². The number of nitrogens with zero attached hydrogens (tertiary/aromatic N) is 1. The highest BCUT2D eigenvalue weighted by atomic mass is 32.2. The Hall–Kier alpha value is -2.48. The van der Waals surface area contributed by atoms with Gasteiger partial charge >= 0.3 is 10.1 Å². The fourth-order valence-corrected chi connectivity index (χ4v) is 3.07. The van der Waals surface area contributed by atoms with Gasteiger partial charge in [-0.25, -0.2) is 0 Å². The molecule has 28 heavy (non-hydrogen) atoms. The monoisotopic (exact) mass is 409 g/mol. The number of rotatable bonds is 9. The van der Waals surface area contributed by atoms with Crippen LogP contribution in [0.4, 0.5) is 0 Å². The van der Waals surface area contributed by atoms with Gasteiger partial charge in [0, 0.05) is 12.6 Å². The maximum absolute atomic E-state index is 12.8. The summed E-state index contributed by atoms with van der Waals surface area (Å²) in [5.41, 5.74) is 0.718. The van der Waals surface area contributed by atoms with Crippen molar-refractivity contribution in [2.45, 2.75) is 52.0 Å². The second kappa shape index (κ2) is 9.14. The average molecular weight is 410 g/mol. The average Bonchev–Trinajstić information content (AvgIpc) is 3.19. The third-order valence-corrected chi connectivity index (χ3v) is 6.05. The molecule has 8 heteroatoms. The summed E-state index contributed by atoms with van der Waals surface area (Å²) in [6, 6.07) is 8.24. The third kappa shape index (κ3) is 5.07. The van der Waals surface area contributed by atoms with Gasteiger partial charge in [0.2, 0.25) is 0 Å². The van der Waals surface area contributed by atoms with E-state index in [0.717, 1.165) is 12.0 Å². The molecule has 2 aromatic rings. The van der Waals surface area contributed by atoms with E-state index in [0.29, 0.717) is 5.75 Å². The number of hydrogen-bond donors (Lipinski definition) is 0. The first kappa shape index (κ1) is 21.8. The molecular weight excluding hydrogens is 382 g/mol. The van der Waals surface area contributed by atoms with Gasteiger partial charge in [0.25, 0.3) is 5.91 Å². The first-order valence-corrected chi connectivity index (χ1v) is 10.6. The van der Waals surface area contributed by atoms with Crippen LogP contribution in [0.15, 0.2) is 41.0 Å². The predicted octanol–water partition coefficient (Wildman–Crippen LogP) is 3.85. The number of amides is 1. The van der Waals surface area contributed by atoms with Crippen LogP contribution in [0.3, 0.4) is 0 Å². The van der Waals surface area contributed by atoms with E-state index in [9.17, 15) is 13.2 Å². The molecule has 154 valence electrons. The maximum Gasteiger partial charge on any atom is 0.311 e. The minimum atomic E-state index is -3.78. The Morgan fingerprint density at radius 2 is 1.89 bits per heavy atom. The van der Waals surface area contributed by atoms with Crippen molar-refractivity contribution in [1.82, 2.24) is 4.90 Å². The fourth-order valence-electron chi connectivity index (χ4n) is 2.49. The molecule has 1 heterocycles. The molecule has 7 nitrogen and oxygen atoms in total. The molecule has 1 atom stereocenters. The Morgan fingerprint density at radius 3 is 2.43 bits per heavy atom. The largest absolute Gasteiger partial charge is 0.493 e. The molecule has 0 saturated heterocycles. The molecule has 0 bridgehead atoms. The lowest BCUT2D eigenvalue weighted by molar-refractivity contribution is 0.0638. The quantitative estimate of drug-likeness (QED) is 0.585. The normalized spacial score (nSPS) is 12.6. The second-order valence-corrected chi connectivity index (χ2v) is 8.87. The SMILES string of the molecule is CC[C@H](C)N(Cc1ccc(OC)c(OS(=O)(=O)C(C)C)c1)C(=O)c1ccco1. The molecule has 0 fully saturated rings. The van der Waals surface area contributed by atoms with E-state index >= 15 is 0 Å². The number of methoxy groups -OCH3 is 1. The molecule has 0 spiro atoms. The highest BCUT2D eigenvalue weighted by Crippen LogP contribution is 2.31. The highest BCUT2D eigenvalue weighted by molar-refractivity contribution is 7.87. The van der Waals surface area contributed by atoms with E-state index in [1.165, 1.54) is 13.4 Å². The summed E-state index contributed by atoms with van der Waals surface area (Å²) in [6.45, 7) is 7.29. The predicted molar refractivity (Wildman–Crippen MR) is 106 cm³/mol. The zero-order valence-corrected chi connectivity index (χ0v) is 17.7. The summed E-state index contributed by atoms with van der Waals surface area (Å²) in [4.78, 5) is 14.5. The first-order chi connectivity index (χ1) is 13.2. The van der Waals surface area contributed by atoms with E-state index in [-0.39, 0.29) is 30.0 Å². The van der Waals surface area contributed by atoms with Crippen LogP contribution in [0.25, 0.3) is 0 Å². The maximum atomic E-state index is 12.8. The van der Waals surface area contributed by atoms with E-state index < -0.39 is 15.4 Å². The minimum Gasteiger partial charge on any atom is -0.493 e. The van der Waals surface area contributed by atoms with Crippen LogP contribution in [0.1, 0.15) is 50.2 Å². The topological polar surface area (TPSA) is 86.0 Å². The summed E-state index contributed by atoms with van der Waals surface area (Å²) in [5, 5.41) is -0.696. The lowest BCUT2D eigenvalue weighted by atomic mass is 10.1. The Labute approximate surface area is 166 Å². The number of carbonyl (C=O) groups is 1. The fraction of sp³-hybridized carbons (Fsp3) is 0.450. The molecule has 0 N–H and O–H groups in total. The van der Waals surface area contributed by atoms with E-state index in [2.05, 4.69) is 0 Å². The molecular formula is C20H27NO6S. The van der Waals surface area contributed by atoms with E-state index in [1.54, 1.807) is 49.1 Å². The van der Waals surface area contributed by atoms with Gasteiger partial charge in [0.15, 0.2) is 17.3 Å². The van der Waals surface area contributed by atoms with Crippen LogP contribution in [0.5, 0.6) is 11.5 Å². The van der Waals surface area contributed by atoms with Crippen LogP contribution < -0.4 is 8.92 Å². The van der Waals surface area contributed by atoms with Crippen molar-refractivity contribution in [3.63, 3.8) is 0 Å². The first-order valence-electron chi connectivity index (χ1n) is 9.14. The molecule has 0 unspecified atom stereocenters. The van der Waals surface area contributed by atoms with Crippen LogP contribution in [-0.4, -0.2) is 37.6 Å². The van der Waals surface area contributed by atoms with Crippen LogP contribution in [0.2, 0.25) is 0 Å². The Kier molecular flexibility index (Phi) is 7.12. The smallest absolute Gasteiger partial charge is 0.311 e.